The highest BCUT2D eigenvalue weighted by Crippen LogP contribution is 2.37. The first kappa shape index (κ1) is 33.2. The number of hydrogen-bond acceptors (Lipinski definition) is 9. The van der Waals surface area contributed by atoms with Crippen molar-refractivity contribution in [1.82, 2.24) is 19.5 Å². The van der Waals surface area contributed by atoms with Crippen LogP contribution in [0.15, 0.2) is 48.2 Å². The van der Waals surface area contributed by atoms with E-state index in [1.807, 2.05) is 26.8 Å². The molecule has 0 aliphatic heterocycles. The maximum atomic E-state index is 14.6. The molecule has 11 nitrogen and oxygen atoms in total. The van der Waals surface area contributed by atoms with E-state index in [0.717, 1.165) is 16.9 Å². The highest BCUT2D eigenvalue weighted by Gasteiger charge is 2.51. The molecule has 2 aromatic heterocycles. The molecule has 0 fully saturated rings. The largest absolute Gasteiger partial charge is 0.496 e. The molecule has 1 atom stereocenters. The average Bonchev–Trinajstić information content (AvgIpc) is 3.61. The van der Waals surface area contributed by atoms with Crippen LogP contribution in [0, 0.1) is 0 Å². The molecule has 2 heterocycles. The number of methoxy groups -OCH3 is 2. The molecule has 0 saturated heterocycles. The zero-order chi connectivity index (χ0) is 31.3. The molecule has 3 aromatic rings. The van der Waals surface area contributed by atoms with Gasteiger partial charge in [-0.05, 0) is 62.8 Å². The van der Waals surface area contributed by atoms with Crippen molar-refractivity contribution in [2.45, 2.75) is 76.6 Å². The van der Waals surface area contributed by atoms with Crippen molar-refractivity contribution in [1.29, 1.82) is 0 Å². The minimum absolute atomic E-state index is 0.0503. The molecule has 1 N–H and O–H groups in total. The summed E-state index contributed by atoms with van der Waals surface area (Å²) in [7, 11) is -1.08. The van der Waals surface area contributed by atoms with Gasteiger partial charge in [-0.3, -0.25) is 23.9 Å². The van der Waals surface area contributed by atoms with Crippen LogP contribution in [0.5, 0.6) is 5.75 Å². The highest BCUT2D eigenvalue weighted by atomic mass is 32.2. The Bertz CT molecular complexity index is 1460. The number of hydrogen-bond donors (Lipinski definition) is 1. The minimum atomic E-state index is -4.15. The number of nitrogens with zero attached hydrogens (tertiary/aromatic N) is 4. The van der Waals surface area contributed by atoms with E-state index in [2.05, 4.69) is 14.8 Å². The summed E-state index contributed by atoms with van der Waals surface area (Å²) in [4.78, 5) is 34.7. The number of carbonyl (C=O) groups is 2. The molecule has 230 valence electrons. The van der Waals surface area contributed by atoms with Crippen molar-refractivity contribution < 1.29 is 27.5 Å². The van der Waals surface area contributed by atoms with Crippen LogP contribution < -0.4 is 14.4 Å². The molecule has 1 aromatic carbocycles. The number of benzene rings is 1. The summed E-state index contributed by atoms with van der Waals surface area (Å²) < 4.78 is 40.0. The predicted octanol–water partition coefficient (Wildman–Crippen LogP) is 4.40. The fourth-order valence-electron chi connectivity index (χ4n) is 4.45. The van der Waals surface area contributed by atoms with Crippen molar-refractivity contribution in [3.63, 3.8) is 0 Å². The Labute approximate surface area is 252 Å². The van der Waals surface area contributed by atoms with Gasteiger partial charge in [0.25, 0.3) is 11.8 Å². The first-order valence-electron chi connectivity index (χ1n) is 13.5. The summed E-state index contributed by atoms with van der Waals surface area (Å²) >= 11 is 1.16. The normalized spacial score (nSPS) is 13.8. The maximum Gasteiger partial charge on any atom is 0.261 e. The third-order valence-corrected chi connectivity index (χ3v) is 9.70. The Morgan fingerprint density at radius 1 is 1.10 bits per heavy atom. The van der Waals surface area contributed by atoms with Crippen molar-refractivity contribution in [2.24, 2.45) is 0 Å². The van der Waals surface area contributed by atoms with E-state index in [1.54, 1.807) is 36.0 Å². The molecule has 0 bridgehead atoms. The van der Waals surface area contributed by atoms with Gasteiger partial charge in [0.2, 0.25) is 10.0 Å². The summed E-state index contributed by atoms with van der Waals surface area (Å²) in [5.74, 6) is -0.897. The number of amides is 2. The number of anilines is 1. The zero-order valence-corrected chi connectivity index (χ0v) is 27.1. The molecule has 0 aliphatic rings. The highest BCUT2D eigenvalue weighted by molar-refractivity contribution is 7.91. The number of nitrogens with one attached hydrogen (secondary N) is 1. The van der Waals surface area contributed by atoms with Gasteiger partial charge < -0.3 is 9.47 Å². The van der Waals surface area contributed by atoms with E-state index in [-0.39, 0.29) is 35.7 Å². The Morgan fingerprint density at radius 3 is 2.33 bits per heavy atom. The Hall–Kier alpha value is -3.29. The van der Waals surface area contributed by atoms with Crippen LogP contribution in [0.1, 0.15) is 70.3 Å². The van der Waals surface area contributed by atoms with E-state index in [0.29, 0.717) is 12.2 Å². The molecular weight excluding hydrogens is 578 g/mol. The van der Waals surface area contributed by atoms with Crippen molar-refractivity contribution in [3.05, 3.63) is 59.4 Å². The lowest BCUT2D eigenvalue weighted by Gasteiger charge is -2.41. The van der Waals surface area contributed by atoms with Gasteiger partial charge in [-0.15, -0.1) is 11.3 Å². The number of carbonyl (C=O) groups excluding carboxylic acids is 2. The number of rotatable bonds is 12. The smallest absolute Gasteiger partial charge is 0.261 e. The fraction of sp³-hybridized carbons (Fsp3) is 0.517. The molecule has 0 saturated carbocycles. The quantitative estimate of drug-likeness (QED) is 0.295. The number of thiazole rings is 1. The fourth-order valence-corrected chi connectivity index (χ4v) is 5.92. The third-order valence-electron chi connectivity index (χ3n) is 6.88. The van der Waals surface area contributed by atoms with Gasteiger partial charge in [-0.25, -0.2) is 13.4 Å². The van der Waals surface area contributed by atoms with Gasteiger partial charge in [0.05, 0.1) is 18.4 Å². The topological polar surface area (TPSA) is 133 Å². The monoisotopic (exact) mass is 619 g/mol. The second kappa shape index (κ2) is 12.9. The van der Waals surface area contributed by atoms with Gasteiger partial charge in [0.1, 0.15) is 11.3 Å². The average molecular weight is 620 g/mol. The lowest BCUT2D eigenvalue weighted by Crippen LogP contribution is -2.65. The Balaban J connectivity index is 2.30. The molecule has 2 amide bonds. The zero-order valence-electron chi connectivity index (χ0n) is 25.5. The molecule has 0 spiro atoms. The molecular formula is C29H41N5O6S2. The van der Waals surface area contributed by atoms with Crippen LogP contribution in [-0.4, -0.2) is 66.1 Å². The molecule has 3 rings (SSSR count). The first-order chi connectivity index (χ1) is 19.6. The Morgan fingerprint density at radius 2 is 1.81 bits per heavy atom. The number of ether oxygens (including phenoxy) is 2. The predicted molar refractivity (Wildman–Crippen MR) is 164 cm³/mol. The Kier molecular flexibility index (Phi) is 10.2. The van der Waals surface area contributed by atoms with Gasteiger partial charge in [-0.1, -0.05) is 26.8 Å². The van der Waals surface area contributed by atoms with E-state index in [1.165, 1.54) is 50.8 Å². The van der Waals surface area contributed by atoms with Crippen molar-refractivity contribution in [2.75, 3.05) is 25.7 Å². The number of aromatic nitrogens is 3. The standard InChI is InChI=1S/C29H41N5O6S2/c1-27(2,3)22-12-11-21(19-23(22)40-8)24(35)34(26-30-15-18-41-26)29(13-9-17-39-7,20-33-16-10-14-31-33)25(36)32-42(37,38)28(4,5)6/h10-12,14-16,18-19H,9,13,17,20H2,1-8H3,(H,32,36). The summed E-state index contributed by atoms with van der Waals surface area (Å²) in [6.07, 6.45) is 5.12. The van der Waals surface area contributed by atoms with E-state index in [9.17, 15) is 18.0 Å². The van der Waals surface area contributed by atoms with Crippen LogP contribution in [0.3, 0.4) is 0 Å². The molecule has 1 unspecified atom stereocenters. The SMILES string of the molecule is COCCCC(Cn1cccn1)(C(=O)NS(=O)(=O)C(C)(C)C)N(C(=O)c1ccc(C(C)(C)C)c(OC)c1)c1nccs1. The van der Waals surface area contributed by atoms with E-state index < -0.39 is 32.1 Å². The lowest BCUT2D eigenvalue weighted by molar-refractivity contribution is -0.125. The van der Waals surface area contributed by atoms with Crippen molar-refractivity contribution >= 4 is 38.3 Å². The van der Waals surface area contributed by atoms with Gasteiger partial charge in [-0.2, -0.15) is 5.10 Å². The number of sulfonamides is 1. The van der Waals surface area contributed by atoms with Gasteiger partial charge >= 0.3 is 0 Å². The van der Waals surface area contributed by atoms with Crippen LogP contribution in [0.4, 0.5) is 5.13 Å². The van der Waals surface area contributed by atoms with Crippen LogP contribution in [0.25, 0.3) is 0 Å². The molecule has 0 radical (unpaired) electrons. The van der Waals surface area contributed by atoms with E-state index >= 15 is 0 Å². The molecule has 42 heavy (non-hydrogen) atoms. The van der Waals surface area contributed by atoms with Crippen LogP contribution in [0.2, 0.25) is 0 Å². The van der Waals surface area contributed by atoms with Crippen LogP contribution in [-0.2, 0) is 31.5 Å². The minimum Gasteiger partial charge on any atom is -0.496 e. The van der Waals surface area contributed by atoms with Gasteiger partial charge in [0, 0.05) is 43.3 Å². The van der Waals surface area contributed by atoms with E-state index in [4.69, 9.17) is 9.47 Å². The van der Waals surface area contributed by atoms with Crippen molar-refractivity contribution in [3.8, 4) is 5.75 Å². The summed E-state index contributed by atoms with van der Waals surface area (Å²) in [5, 5.41) is 6.22. The molecule has 13 heteroatoms. The maximum absolute atomic E-state index is 14.6. The summed E-state index contributed by atoms with van der Waals surface area (Å²) in [6, 6.07) is 6.84. The lowest BCUT2D eigenvalue weighted by atomic mass is 9.85. The third kappa shape index (κ3) is 7.19. The second-order valence-electron chi connectivity index (χ2n) is 12.0. The first-order valence-corrected chi connectivity index (χ1v) is 15.9. The molecule has 0 aliphatic carbocycles. The van der Waals surface area contributed by atoms with Crippen LogP contribution >= 0.6 is 11.3 Å². The summed E-state index contributed by atoms with van der Waals surface area (Å²) in [6.45, 7) is 10.7. The second-order valence-corrected chi connectivity index (χ2v) is 15.3. The summed E-state index contributed by atoms with van der Waals surface area (Å²) in [5.41, 5.74) is -0.877. The van der Waals surface area contributed by atoms with Gasteiger partial charge in [0.15, 0.2) is 5.13 Å².